The maximum atomic E-state index is 12.6. The molecule has 4 nitrogen and oxygen atoms in total. The predicted octanol–water partition coefficient (Wildman–Crippen LogP) is 2.01. The smallest absolute Gasteiger partial charge is 0.270 e. The minimum atomic E-state index is -0.222. The molecule has 1 aromatic carbocycles. The zero-order valence-corrected chi connectivity index (χ0v) is 11.2. The number of nitrogens with zero attached hydrogens (tertiary/aromatic N) is 1. The number of nitrogens with one attached hydrogen (secondary N) is 1. The van der Waals surface area contributed by atoms with Gasteiger partial charge in [0.05, 0.1) is 6.10 Å². The molecule has 4 heteroatoms. The molecule has 2 heterocycles. The third-order valence-corrected chi connectivity index (χ3v) is 4.87. The van der Waals surface area contributed by atoms with Crippen molar-refractivity contribution < 1.29 is 9.90 Å². The molecule has 3 atom stereocenters. The van der Waals surface area contributed by atoms with Crippen molar-refractivity contribution in [2.75, 3.05) is 13.1 Å². The lowest BCUT2D eigenvalue weighted by Gasteiger charge is -2.17. The maximum Gasteiger partial charge on any atom is 0.270 e. The van der Waals surface area contributed by atoms with E-state index in [1.807, 2.05) is 35.2 Å². The minimum Gasteiger partial charge on any atom is -0.393 e. The number of hydrogen-bond acceptors (Lipinski definition) is 2. The number of para-hydroxylation sites is 1. The number of benzene rings is 1. The largest absolute Gasteiger partial charge is 0.393 e. The van der Waals surface area contributed by atoms with Crippen molar-refractivity contribution in [3.63, 3.8) is 0 Å². The molecule has 2 aromatic rings. The lowest BCUT2D eigenvalue weighted by atomic mass is 10.00. The second-order valence-corrected chi connectivity index (χ2v) is 6.05. The van der Waals surface area contributed by atoms with Gasteiger partial charge in [-0.25, -0.2) is 0 Å². The number of rotatable bonds is 1. The standard InChI is InChI=1S/C16H18N2O2/c19-15-6-5-11-8-18(9-12(11)15)16(20)14-7-10-3-1-2-4-13(10)17-14/h1-4,7,11-12,15,17,19H,5-6,8-9H2/t11-,12+,15-/m1/s1. The summed E-state index contributed by atoms with van der Waals surface area (Å²) in [7, 11) is 0. The van der Waals surface area contributed by atoms with Crippen molar-refractivity contribution in [3.8, 4) is 0 Å². The molecular weight excluding hydrogens is 252 g/mol. The number of H-pyrrole nitrogens is 1. The van der Waals surface area contributed by atoms with Gasteiger partial charge in [-0.1, -0.05) is 18.2 Å². The molecule has 1 amide bonds. The summed E-state index contributed by atoms with van der Waals surface area (Å²) in [6, 6.07) is 9.84. The average Bonchev–Trinajstić information content (AvgIpc) is 3.13. The number of fused-ring (bicyclic) bond motifs is 2. The molecule has 4 rings (SSSR count). The van der Waals surface area contributed by atoms with Gasteiger partial charge in [-0.2, -0.15) is 0 Å². The van der Waals surface area contributed by atoms with Crippen LogP contribution in [0.25, 0.3) is 10.9 Å². The van der Waals surface area contributed by atoms with Crippen LogP contribution in [0.15, 0.2) is 30.3 Å². The molecule has 0 unspecified atom stereocenters. The molecule has 0 bridgehead atoms. The Morgan fingerprint density at radius 1 is 1.25 bits per heavy atom. The molecule has 2 fully saturated rings. The number of carbonyl (C=O) groups is 1. The lowest BCUT2D eigenvalue weighted by molar-refractivity contribution is 0.0747. The Morgan fingerprint density at radius 2 is 2.10 bits per heavy atom. The highest BCUT2D eigenvalue weighted by molar-refractivity contribution is 5.98. The molecule has 1 saturated carbocycles. The van der Waals surface area contributed by atoms with Crippen LogP contribution in [-0.4, -0.2) is 40.1 Å². The molecule has 20 heavy (non-hydrogen) atoms. The van der Waals surface area contributed by atoms with Crippen LogP contribution in [0.5, 0.6) is 0 Å². The van der Waals surface area contributed by atoms with Crippen molar-refractivity contribution in [1.29, 1.82) is 0 Å². The van der Waals surface area contributed by atoms with Crippen LogP contribution in [0.3, 0.4) is 0 Å². The van der Waals surface area contributed by atoms with Crippen molar-refractivity contribution in [3.05, 3.63) is 36.0 Å². The third-order valence-electron chi connectivity index (χ3n) is 4.87. The van der Waals surface area contributed by atoms with Gasteiger partial charge in [0.25, 0.3) is 5.91 Å². The fourth-order valence-electron chi connectivity index (χ4n) is 3.76. The van der Waals surface area contributed by atoms with E-state index in [4.69, 9.17) is 0 Å². The van der Waals surface area contributed by atoms with Gasteiger partial charge in [-0.05, 0) is 30.9 Å². The third kappa shape index (κ3) is 1.75. The second kappa shape index (κ2) is 4.35. The van der Waals surface area contributed by atoms with Gasteiger partial charge in [-0.15, -0.1) is 0 Å². The summed E-state index contributed by atoms with van der Waals surface area (Å²) in [6.45, 7) is 1.48. The van der Waals surface area contributed by atoms with E-state index < -0.39 is 0 Å². The van der Waals surface area contributed by atoms with Crippen molar-refractivity contribution >= 4 is 16.8 Å². The number of aromatic amines is 1. The fraction of sp³-hybridized carbons (Fsp3) is 0.438. The van der Waals surface area contributed by atoms with Crippen molar-refractivity contribution in [2.24, 2.45) is 11.8 Å². The summed E-state index contributed by atoms with van der Waals surface area (Å²) in [6.07, 6.45) is 1.71. The van der Waals surface area contributed by atoms with E-state index in [9.17, 15) is 9.90 Å². The van der Waals surface area contributed by atoms with Gasteiger partial charge in [0.2, 0.25) is 0 Å². The number of aliphatic hydroxyl groups excluding tert-OH is 1. The summed E-state index contributed by atoms with van der Waals surface area (Å²) in [4.78, 5) is 17.7. The summed E-state index contributed by atoms with van der Waals surface area (Å²) in [5, 5.41) is 11.0. The van der Waals surface area contributed by atoms with Crippen LogP contribution >= 0.6 is 0 Å². The van der Waals surface area contributed by atoms with Crippen LogP contribution in [0.2, 0.25) is 0 Å². The molecule has 1 aromatic heterocycles. The highest BCUT2D eigenvalue weighted by atomic mass is 16.3. The molecule has 0 spiro atoms. The first-order valence-electron chi connectivity index (χ1n) is 7.27. The quantitative estimate of drug-likeness (QED) is 0.833. The molecule has 1 aliphatic carbocycles. The zero-order valence-electron chi connectivity index (χ0n) is 11.2. The number of amides is 1. The highest BCUT2D eigenvalue weighted by Gasteiger charge is 2.43. The van der Waals surface area contributed by atoms with Gasteiger partial charge in [0, 0.05) is 29.9 Å². The first-order valence-corrected chi connectivity index (χ1v) is 7.27. The Balaban J connectivity index is 1.58. The van der Waals surface area contributed by atoms with E-state index in [0.717, 1.165) is 30.3 Å². The number of hydrogen-bond donors (Lipinski definition) is 2. The van der Waals surface area contributed by atoms with Gasteiger partial charge in [0.1, 0.15) is 5.69 Å². The fourth-order valence-corrected chi connectivity index (χ4v) is 3.76. The molecule has 2 aliphatic rings. The molecule has 0 radical (unpaired) electrons. The van der Waals surface area contributed by atoms with Crippen molar-refractivity contribution in [1.82, 2.24) is 9.88 Å². The van der Waals surface area contributed by atoms with Gasteiger partial charge >= 0.3 is 0 Å². The molecular formula is C16H18N2O2. The molecule has 1 aliphatic heterocycles. The SMILES string of the molecule is O=C(c1cc2ccccc2[nH]1)N1C[C@H]2CC[C@@H](O)[C@H]2C1. The predicted molar refractivity (Wildman–Crippen MR) is 76.4 cm³/mol. The molecule has 2 N–H and O–H groups in total. The Hall–Kier alpha value is -1.81. The Kier molecular flexibility index (Phi) is 2.60. The Morgan fingerprint density at radius 3 is 2.90 bits per heavy atom. The van der Waals surface area contributed by atoms with Crippen LogP contribution in [0.1, 0.15) is 23.3 Å². The summed E-state index contributed by atoms with van der Waals surface area (Å²) >= 11 is 0. The monoisotopic (exact) mass is 270 g/mol. The Labute approximate surface area is 117 Å². The second-order valence-electron chi connectivity index (χ2n) is 6.05. The van der Waals surface area contributed by atoms with Gasteiger partial charge in [-0.3, -0.25) is 4.79 Å². The summed E-state index contributed by atoms with van der Waals surface area (Å²) < 4.78 is 0. The first kappa shape index (κ1) is 12.0. The zero-order chi connectivity index (χ0) is 13.7. The summed E-state index contributed by atoms with van der Waals surface area (Å²) in [5.41, 5.74) is 1.65. The normalized spacial score (nSPS) is 29.1. The number of aliphatic hydroxyl groups is 1. The van der Waals surface area contributed by atoms with E-state index in [-0.39, 0.29) is 17.9 Å². The highest BCUT2D eigenvalue weighted by Crippen LogP contribution is 2.38. The molecule has 1 saturated heterocycles. The van der Waals surface area contributed by atoms with Crippen molar-refractivity contribution in [2.45, 2.75) is 18.9 Å². The Bertz CT molecular complexity index is 630. The average molecular weight is 270 g/mol. The molecule has 104 valence electrons. The van der Waals surface area contributed by atoms with E-state index in [0.29, 0.717) is 18.2 Å². The van der Waals surface area contributed by atoms with E-state index in [2.05, 4.69) is 4.98 Å². The minimum absolute atomic E-state index is 0.0581. The topological polar surface area (TPSA) is 56.3 Å². The number of carbonyl (C=O) groups excluding carboxylic acids is 1. The van der Waals surface area contributed by atoms with Crippen LogP contribution < -0.4 is 0 Å². The maximum absolute atomic E-state index is 12.6. The number of likely N-dealkylation sites (tertiary alicyclic amines) is 1. The van der Waals surface area contributed by atoms with Crippen LogP contribution in [-0.2, 0) is 0 Å². The van der Waals surface area contributed by atoms with Crippen LogP contribution in [0, 0.1) is 11.8 Å². The van der Waals surface area contributed by atoms with E-state index in [1.54, 1.807) is 0 Å². The van der Waals surface area contributed by atoms with Gasteiger partial charge < -0.3 is 15.0 Å². The number of aromatic nitrogens is 1. The van der Waals surface area contributed by atoms with Gasteiger partial charge in [0.15, 0.2) is 0 Å². The lowest BCUT2D eigenvalue weighted by Crippen LogP contribution is -2.31. The van der Waals surface area contributed by atoms with E-state index >= 15 is 0 Å². The van der Waals surface area contributed by atoms with Crippen LogP contribution in [0.4, 0.5) is 0 Å². The van der Waals surface area contributed by atoms with E-state index in [1.165, 1.54) is 0 Å². The first-order chi connectivity index (χ1) is 9.72. The summed E-state index contributed by atoms with van der Waals surface area (Å²) in [5.74, 6) is 0.824.